The second-order valence-electron chi connectivity index (χ2n) is 7.66. The number of rotatable bonds is 7. The van der Waals surface area contributed by atoms with Gasteiger partial charge >= 0.3 is 5.97 Å². The van der Waals surface area contributed by atoms with Crippen molar-refractivity contribution in [3.63, 3.8) is 0 Å². The second-order valence-corrected chi connectivity index (χ2v) is 9.60. The highest BCUT2D eigenvalue weighted by atomic mass is 32.2. The van der Waals surface area contributed by atoms with E-state index in [4.69, 9.17) is 9.47 Å². The lowest BCUT2D eigenvalue weighted by Crippen LogP contribution is -2.41. The van der Waals surface area contributed by atoms with Gasteiger partial charge in [-0.05, 0) is 54.8 Å². The molecule has 0 aliphatic carbocycles. The summed E-state index contributed by atoms with van der Waals surface area (Å²) in [5.41, 5.74) is 1.07. The van der Waals surface area contributed by atoms with Crippen LogP contribution in [0, 0.1) is 5.92 Å². The molecule has 32 heavy (non-hydrogen) atoms. The molecule has 0 amide bonds. The monoisotopic (exact) mass is 451 g/mol. The predicted octanol–water partition coefficient (Wildman–Crippen LogP) is 4.27. The molecule has 0 radical (unpaired) electrons. The molecule has 1 aliphatic rings. The first-order valence-electron chi connectivity index (χ1n) is 10.6. The molecule has 1 fully saturated rings. The number of esters is 1. The molecule has 0 spiro atoms. The summed E-state index contributed by atoms with van der Waals surface area (Å²) in [4.78, 5) is 12.8. The van der Waals surface area contributed by atoms with Crippen LogP contribution in [0.4, 0.5) is 0 Å². The Morgan fingerprint density at radius 3 is 2.00 bits per heavy atom. The number of piperidine rings is 1. The summed E-state index contributed by atoms with van der Waals surface area (Å²) in [5.74, 6) is 0.473. The van der Waals surface area contributed by atoms with Gasteiger partial charge in [-0.3, -0.25) is 4.79 Å². The van der Waals surface area contributed by atoms with Crippen molar-refractivity contribution < 1.29 is 22.7 Å². The molecule has 0 saturated carbocycles. The van der Waals surface area contributed by atoms with Gasteiger partial charge in [0.1, 0.15) is 18.1 Å². The predicted molar refractivity (Wildman–Crippen MR) is 121 cm³/mol. The van der Waals surface area contributed by atoms with Gasteiger partial charge in [-0.1, -0.05) is 48.5 Å². The first-order valence-corrected chi connectivity index (χ1v) is 12.0. The molecule has 166 valence electrons. The number of sulfonamides is 1. The topological polar surface area (TPSA) is 72.9 Å². The molecule has 0 bridgehead atoms. The SMILES string of the molecule is O=C(Oc1ccc(OCc2ccccc2)cc1)C1CCN(S(=O)(=O)c2ccccc2)CC1. The second kappa shape index (κ2) is 9.97. The molecule has 3 aromatic carbocycles. The van der Waals surface area contributed by atoms with Gasteiger partial charge in [0, 0.05) is 13.1 Å². The molecule has 3 aromatic rings. The fraction of sp³-hybridized carbons (Fsp3) is 0.240. The lowest BCUT2D eigenvalue weighted by Gasteiger charge is -2.30. The third-order valence-corrected chi connectivity index (χ3v) is 7.37. The highest BCUT2D eigenvalue weighted by Crippen LogP contribution is 2.26. The van der Waals surface area contributed by atoms with E-state index in [0.29, 0.717) is 44.0 Å². The number of carbonyl (C=O) groups excluding carboxylic acids is 1. The van der Waals surface area contributed by atoms with E-state index in [0.717, 1.165) is 5.56 Å². The molecule has 0 unspecified atom stereocenters. The summed E-state index contributed by atoms with van der Waals surface area (Å²) >= 11 is 0. The van der Waals surface area contributed by atoms with E-state index in [1.165, 1.54) is 4.31 Å². The van der Waals surface area contributed by atoms with Crippen molar-refractivity contribution in [2.75, 3.05) is 13.1 Å². The highest BCUT2D eigenvalue weighted by Gasteiger charge is 2.32. The van der Waals surface area contributed by atoms with Crippen molar-refractivity contribution in [3.05, 3.63) is 90.5 Å². The van der Waals surface area contributed by atoms with Crippen molar-refractivity contribution in [2.45, 2.75) is 24.3 Å². The molecule has 7 heteroatoms. The van der Waals surface area contributed by atoms with Gasteiger partial charge in [0.15, 0.2) is 0 Å². The van der Waals surface area contributed by atoms with Crippen molar-refractivity contribution in [1.82, 2.24) is 4.31 Å². The maximum Gasteiger partial charge on any atom is 0.314 e. The number of benzene rings is 3. The standard InChI is InChI=1S/C25H25NO5S/c27-25(21-15-17-26(18-16-21)32(28,29)24-9-5-2-6-10-24)31-23-13-11-22(12-14-23)30-19-20-7-3-1-4-8-20/h1-14,21H,15-19H2. The quantitative estimate of drug-likeness (QED) is 0.396. The van der Waals surface area contributed by atoms with Gasteiger partial charge in [0.2, 0.25) is 10.0 Å². The Labute approximate surface area is 188 Å². The van der Waals surface area contributed by atoms with Gasteiger partial charge in [-0.2, -0.15) is 4.31 Å². The third-order valence-electron chi connectivity index (χ3n) is 5.46. The van der Waals surface area contributed by atoms with Crippen LogP contribution in [0.1, 0.15) is 18.4 Å². The fourth-order valence-electron chi connectivity index (χ4n) is 3.62. The van der Waals surface area contributed by atoms with Crippen molar-refractivity contribution in [2.24, 2.45) is 5.92 Å². The first kappa shape index (κ1) is 22.0. The minimum atomic E-state index is -3.53. The Kier molecular flexibility index (Phi) is 6.87. The molecule has 0 aromatic heterocycles. The smallest absolute Gasteiger partial charge is 0.314 e. The van der Waals surface area contributed by atoms with Crippen LogP contribution in [0.3, 0.4) is 0 Å². The van der Waals surface area contributed by atoms with E-state index in [9.17, 15) is 13.2 Å². The number of hydrogen-bond donors (Lipinski definition) is 0. The summed E-state index contributed by atoms with van der Waals surface area (Å²) in [7, 11) is -3.53. The molecular formula is C25H25NO5S. The molecule has 1 heterocycles. The minimum absolute atomic E-state index is 0.274. The van der Waals surface area contributed by atoms with Gasteiger partial charge in [0.05, 0.1) is 10.8 Å². The van der Waals surface area contributed by atoms with Crippen LogP contribution in [-0.4, -0.2) is 31.8 Å². The molecule has 0 atom stereocenters. The third kappa shape index (κ3) is 5.36. The van der Waals surface area contributed by atoms with Gasteiger partial charge in [-0.15, -0.1) is 0 Å². The van der Waals surface area contributed by atoms with E-state index >= 15 is 0 Å². The van der Waals surface area contributed by atoms with Crippen LogP contribution in [0.5, 0.6) is 11.5 Å². The largest absolute Gasteiger partial charge is 0.489 e. The Morgan fingerprint density at radius 2 is 1.38 bits per heavy atom. The van der Waals surface area contributed by atoms with Gasteiger partial charge in [-0.25, -0.2) is 8.42 Å². The summed E-state index contributed by atoms with van der Waals surface area (Å²) < 4.78 is 38.2. The van der Waals surface area contributed by atoms with Crippen LogP contribution < -0.4 is 9.47 Å². The molecule has 0 N–H and O–H groups in total. The summed E-state index contributed by atoms with van der Waals surface area (Å²) in [6.45, 7) is 1.05. The van der Waals surface area contributed by atoms with Crippen molar-refractivity contribution in [3.8, 4) is 11.5 Å². The Morgan fingerprint density at radius 1 is 0.812 bits per heavy atom. The Bertz CT molecular complexity index is 1120. The van der Waals surface area contributed by atoms with Gasteiger partial charge < -0.3 is 9.47 Å². The fourth-order valence-corrected chi connectivity index (χ4v) is 5.11. The first-order chi connectivity index (χ1) is 15.5. The molecule has 1 aliphatic heterocycles. The summed E-state index contributed by atoms with van der Waals surface area (Å²) in [6.07, 6.45) is 0.867. The lowest BCUT2D eigenvalue weighted by molar-refractivity contribution is -0.140. The van der Waals surface area contributed by atoms with E-state index in [2.05, 4.69) is 0 Å². The van der Waals surface area contributed by atoms with Crippen molar-refractivity contribution in [1.29, 1.82) is 0 Å². The number of carbonyl (C=O) groups is 1. The van der Waals surface area contributed by atoms with E-state index in [1.54, 1.807) is 54.6 Å². The zero-order chi connectivity index (χ0) is 22.4. The summed E-state index contributed by atoms with van der Waals surface area (Å²) in [5, 5.41) is 0. The maximum absolute atomic E-state index is 12.7. The van der Waals surface area contributed by atoms with E-state index in [1.807, 2.05) is 30.3 Å². The minimum Gasteiger partial charge on any atom is -0.489 e. The van der Waals surface area contributed by atoms with Crippen LogP contribution >= 0.6 is 0 Å². The molecular weight excluding hydrogens is 426 g/mol. The lowest BCUT2D eigenvalue weighted by atomic mass is 9.98. The average molecular weight is 452 g/mol. The maximum atomic E-state index is 12.7. The van der Waals surface area contributed by atoms with Gasteiger partial charge in [0.25, 0.3) is 0 Å². The highest BCUT2D eigenvalue weighted by molar-refractivity contribution is 7.89. The van der Waals surface area contributed by atoms with Crippen LogP contribution in [0.25, 0.3) is 0 Å². The van der Waals surface area contributed by atoms with Crippen LogP contribution in [0.2, 0.25) is 0 Å². The molecule has 1 saturated heterocycles. The van der Waals surface area contributed by atoms with Crippen LogP contribution in [0.15, 0.2) is 89.8 Å². The molecule has 6 nitrogen and oxygen atoms in total. The summed E-state index contributed by atoms with van der Waals surface area (Å²) in [6, 6.07) is 25.2. The number of ether oxygens (including phenoxy) is 2. The Hall–Kier alpha value is -3.16. The normalized spacial score (nSPS) is 15.2. The average Bonchev–Trinajstić information content (AvgIpc) is 2.85. The zero-order valence-electron chi connectivity index (χ0n) is 17.6. The molecule has 4 rings (SSSR count). The van der Waals surface area contributed by atoms with E-state index in [-0.39, 0.29) is 16.8 Å². The van der Waals surface area contributed by atoms with Crippen LogP contribution in [-0.2, 0) is 21.4 Å². The number of nitrogens with zero attached hydrogens (tertiary/aromatic N) is 1. The Balaban J connectivity index is 1.27. The van der Waals surface area contributed by atoms with Crippen molar-refractivity contribution >= 4 is 16.0 Å². The number of hydrogen-bond acceptors (Lipinski definition) is 5. The zero-order valence-corrected chi connectivity index (χ0v) is 18.4. The van der Waals surface area contributed by atoms with E-state index < -0.39 is 10.0 Å².